The van der Waals surface area contributed by atoms with Crippen LogP contribution in [-0.4, -0.2) is 23.0 Å². The number of nitrogens with zero attached hydrogens (tertiary/aromatic N) is 3. The van der Waals surface area contributed by atoms with Gasteiger partial charge in [-0.1, -0.05) is 127 Å². The molecule has 6 heteroatoms. The molecule has 3 rings (SSSR count). The third-order valence-electron chi connectivity index (χ3n) is 8.21. The Kier molecular flexibility index (Phi) is 16.7. The molecule has 5 nitrogen and oxygen atoms in total. The van der Waals surface area contributed by atoms with E-state index in [4.69, 9.17) is 0 Å². The van der Waals surface area contributed by atoms with Crippen molar-refractivity contribution in [2.75, 3.05) is 18.0 Å². The fourth-order valence-corrected chi connectivity index (χ4v) is 5.45. The summed E-state index contributed by atoms with van der Waals surface area (Å²) >= 11 is 0. The van der Waals surface area contributed by atoms with E-state index in [-0.39, 0.29) is 0 Å². The van der Waals surface area contributed by atoms with Gasteiger partial charge in [0, 0.05) is 31.0 Å². The van der Waals surface area contributed by atoms with E-state index in [9.17, 15) is 14.5 Å². The van der Waals surface area contributed by atoms with E-state index in [1.54, 1.807) is 18.3 Å². The first-order valence-corrected chi connectivity index (χ1v) is 17.1. The molecular weight excluding hydrogens is 561 g/mol. The van der Waals surface area contributed by atoms with Crippen LogP contribution in [0.3, 0.4) is 0 Å². The van der Waals surface area contributed by atoms with Crippen molar-refractivity contribution in [3.05, 3.63) is 99.1 Å². The van der Waals surface area contributed by atoms with Crippen LogP contribution in [0.4, 0.5) is 15.8 Å². The fraction of sp³-hybridized carbons (Fsp3) is 0.462. The van der Waals surface area contributed by atoms with Crippen LogP contribution in [0.5, 0.6) is 0 Å². The smallest absolute Gasteiger partial charge is 0.304 e. The van der Waals surface area contributed by atoms with Crippen LogP contribution in [0.2, 0.25) is 0 Å². The van der Waals surface area contributed by atoms with Crippen molar-refractivity contribution < 1.29 is 9.31 Å². The SMILES string of the molecule is CCCCCCCCCN(CCCCCCCCC)c1ccc(/C=C/c2ccc(/C=C/c3ccc([N+](=O)[O-])c(F)c3)nc2)cc1. The van der Waals surface area contributed by atoms with Crippen LogP contribution in [-0.2, 0) is 0 Å². The summed E-state index contributed by atoms with van der Waals surface area (Å²) in [5, 5.41) is 10.8. The molecule has 0 fully saturated rings. The van der Waals surface area contributed by atoms with E-state index in [0.717, 1.165) is 36.0 Å². The molecule has 3 aromatic rings. The number of pyridine rings is 1. The van der Waals surface area contributed by atoms with Crippen molar-refractivity contribution in [2.45, 2.75) is 104 Å². The number of halogens is 1. The molecule has 0 saturated carbocycles. The number of aromatic nitrogens is 1. The molecule has 1 heterocycles. The van der Waals surface area contributed by atoms with Gasteiger partial charge in [-0.3, -0.25) is 15.1 Å². The number of benzene rings is 2. The van der Waals surface area contributed by atoms with Crippen molar-refractivity contribution in [2.24, 2.45) is 0 Å². The monoisotopic (exact) mass is 613 g/mol. The van der Waals surface area contributed by atoms with Gasteiger partial charge >= 0.3 is 5.69 Å². The number of unbranched alkanes of at least 4 members (excludes halogenated alkanes) is 12. The first kappa shape index (κ1) is 35.7. The van der Waals surface area contributed by atoms with Crippen molar-refractivity contribution >= 4 is 35.7 Å². The normalized spacial score (nSPS) is 11.5. The van der Waals surface area contributed by atoms with Crippen molar-refractivity contribution in [1.82, 2.24) is 4.98 Å². The molecule has 0 aliphatic carbocycles. The Morgan fingerprint density at radius 2 is 1.18 bits per heavy atom. The zero-order valence-corrected chi connectivity index (χ0v) is 27.4. The Morgan fingerprint density at radius 3 is 1.71 bits per heavy atom. The van der Waals surface area contributed by atoms with Gasteiger partial charge in [0.15, 0.2) is 0 Å². The lowest BCUT2D eigenvalue weighted by Crippen LogP contribution is -2.25. The number of anilines is 1. The molecule has 0 radical (unpaired) electrons. The quantitative estimate of drug-likeness (QED) is 0.0642. The van der Waals surface area contributed by atoms with Crippen molar-refractivity contribution in [3.8, 4) is 0 Å². The highest BCUT2D eigenvalue weighted by molar-refractivity contribution is 5.72. The van der Waals surface area contributed by atoms with E-state index in [1.165, 1.54) is 108 Å². The van der Waals surface area contributed by atoms with Gasteiger partial charge in [0.25, 0.3) is 0 Å². The van der Waals surface area contributed by atoms with Gasteiger partial charge in [-0.05, 0) is 65.9 Å². The summed E-state index contributed by atoms with van der Waals surface area (Å²) in [4.78, 5) is 17.2. The Morgan fingerprint density at radius 1 is 0.667 bits per heavy atom. The molecule has 1 aromatic heterocycles. The maximum Gasteiger partial charge on any atom is 0.304 e. The molecule has 0 aliphatic rings. The van der Waals surface area contributed by atoms with Crippen LogP contribution >= 0.6 is 0 Å². The standard InChI is InChI=1S/C39H52FN3O2/c1-3-5-7-9-11-13-15-29-42(30-16-14-12-10-8-6-4-2)37-26-21-33(22-27-37)17-18-35-20-25-36(41-32-35)24-19-34-23-28-39(43(44)45)38(40)31-34/h17-28,31-32H,3-16,29-30H2,1-2H3/b18-17+,24-19+. The van der Waals surface area contributed by atoms with E-state index < -0.39 is 16.4 Å². The van der Waals surface area contributed by atoms with E-state index in [1.807, 2.05) is 12.1 Å². The summed E-state index contributed by atoms with van der Waals surface area (Å²) in [7, 11) is 0. The highest BCUT2D eigenvalue weighted by Crippen LogP contribution is 2.21. The zero-order valence-electron chi connectivity index (χ0n) is 27.4. The Balaban J connectivity index is 1.53. The zero-order chi connectivity index (χ0) is 32.1. The molecule has 0 unspecified atom stereocenters. The average Bonchev–Trinajstić information content (AvgIpc) is 3.05. The molecule has 0 spiro atoms. The molecule has 45 heavy (non-hydrogen) atoms. The summed E-state index contributed by atoms with van der Waals surface area (Å²) in [5.74, 6) is -0.849. The van der Waals surface area contributed by atoms with E-state index in [0.29, 0.717) is 5.56 Å². The van der Waals surface area contributed by atoms with Crippen LogP contribution in [0.15, 0.2) is 60.8 Å². The minimum absolute atomic E-state index is 0.527. The second-order valence-corrected chi connectivity index (χ2v) is 12.0. The molecule has 0 atom stereocenters. The lowest BCUT2D eigenvalue weighted by atomic mass is 10.1. The topological polar surface area (TPSA) is 59.3 Å². The van der Waals surface area contributed by atoms with Gasteiger partial charge < -0.3 is 4.90 Å². The van der Waals surface area contributed by atoms with Gasteiger partial charge in [-0.25, -0.2) is 0 Å². The lowest BCUT2D eigenvalue weighted by molar-refractivity contribution is -0.387. The molecule has 242 valence electrons. The highest BCUT2D eigenvalue weighted by atomic mass is 19.1. The first-order chi connectivity index (χ1) is 22.0. The summed E-state index contributed by atoms with van der Waals surface area (Å²) in [6.07, 6.45) is 28.1. The number of hydrogen-bond donors (Lipinski definition) is 0. The average molecular weight is 614 g/mol. The largest absolute Gasteiger partial charge is 0.372 e. The van der Waals surface area contributed by atoms with Crippen LogP contribution < -0.4 is 4.90 Å². The van der Waals surface area contributed by atoms with Gasteiger partial charge in [0.05, 0.1) is 10.6 Å². The predicted octanol–water partition coefficient (Wildman–Crippen LogP) is 11.8. The molecule has 0 bridgehead atoms. The third-order valence-corrected chi connectivity index (χ3v) is 8.21. The van der Waals surface area contributed by atoms with E-state index in [2.05, 4.69) is 60.1 Å². The Labute approximate surface area is 270 Å². The van der Waals surface area contributed by atoms with Gasteiger partial charge in [0.1, 0.15) is 0 Å². The molecular formula is C39H52FN3O2. The van der Waals surface area contributed by atoms with Crippen molar-refractivity contribution in [1.29, 1.82) is 0 Å². The fourth-order valence-electron chi connectivity index (χ4n) is 5.45. The highest BCUT2D eigenvalue weighted by Gasteiger charge is 2.12. The number of nitro groups is 1. The van der Waals surface area contributed by atoms with Gasteiger partial charge in [-0.2, -0.15) is 4.39 Å². The summed E-state index contributed by atoms with van der Waals surface area (Å²) in [6.45, 7) is 6.81. The third kappa shape index (κ3) is 13.8. The summed E-state index contributed by atoms with van der Waals surface area (Å²) < 4.78 is 13.9. The molecule has 0 saturated heterocycles. The minimum atomic E-state index is -0.849. The van der Waals surface area contributed by atoms with Crippen LogP contribution in [0, 0.1) is 15.9 Å². The first-order valence-electron chi connectivity index (χ1n) is 17.1. The number of hydrogen-bond acceptors (Lipinski definition) is 4. The minimum Gasteiger partial charge on any atom is -0.372 e. The summed E-state index contributed by atoms with van der Waals surface area (Å²) in [6, 6.07) is 16.6. The van der Waals surface area contributed by atoms with Crippen LogP contribution in [0.1, 0.15) is 126 Å². The predicted molar refractivity (Wildman–Crippen MR) is 190 cm³/mol. The molecule has 0 aliphatic heterocycles. The van der Waals surface area contributed by atoms with Crippen molar-refractivity contribution in [3.63, 3.8) is 0 Å². The second kappa shape index (κ2) is 21.0. The Bertz CT molecular complexity index is 1300. The van der Waals surface area contributed by atoms with E-state index >= 15 is 0 Å². The van der Waals surface area contributed by atoms with Crippen LogP contribution in [0.25, 0.3) is 24.3 Å². The molecule has 0 N–H and O–H groups in total. The van der Waals surface area contributed by atoms with Gasteiger partial charge in [-0.15, -0.1) is 0 Å². The summed E-state index contributed by atoms with van der Waals surface area (Å²) in [5.41, 5.74) is 4.18. The maximum absolute atomic E-state index is 13.9. The second-order valence-electron chi connectivity index (χ2n) is 12.0. The number of nitro benzene ring substituents is 1. The molecule has 0 amide bonds. The number of rotatable bonds is 22. The van der Waals surface area contributed by atoms with Gasteiger partial charge in [0.2, 0.25) is 5.82 Å². The Hall–Kier alpha value is -3.80. The molecule has 2 aromatic carbocycles. The maximum atomic E-state index is 13.9. The lowest BCUT2D eigenvalue weighted by Gasteiger charge is -2.25.